The molecule has 114 valence electrons. The maximum atomic E-state index is 2.17. The first-order valence-electron chi connectivity index (χ1n) is 6.89. The van der Waals surface area contributed by atoms with Crippen LogP contribution in [-0.2, 0) is 0 Å². The highest BCUT2D eigenvalue weighted by molar-refractivity contribution is 5.63. The van der Waals surface area contributed by atoms with E-state index in [0.29, 0.717) is 0 Å². The average molecular weight is 274 g/mol. The lowest BCUT2D eigenvalue weighted by Gasteiger charge is -2.02. The van der Waals surface area contributed by atoms with Crippen molar-refractivity contribution >= 4 is 0 Å². The largest absolute Gasteiger partial charge is 0.0776 e. The van der Waals surface area contributed by atoms with E-state index in [-0.39, 0.29) is 14.9 Å². The molecule has 0 aromatic heterocycles. The molecular weight excluding hydrogens is 240 g/mol. The van der Waals surface area contributed by atoms with E-state index in [1.54, 1.807) is 0 Å². The van der Waals surface area contributed by atoms with Gasteiger partial charge in [-0.1, -0.05) is 102 Å². The highest BCUT2D eigenvalue weighted by atomic mass is 14.0. The molecule has 0 bridgehead atoms. The molecule has 0 spiro atoms. The molecule has 0 nitrogen and oxygen atoms in total. The quantitative estimate of drug-likeness (QED) is 0.512. The Morgan fingerprint density at radius 2 is 0.650 bits per heavy atom. The summed E-state index contributed by atoms with van der Waals surface area (Å²) in [5.74, 6) is 0. The fourth-order valence-electron chi connectivity index (χ4n) is 1.49. The van der Waals surface area contributed by atoms with Crippen LogP contribution in [0.3, 0.4) is 0 Å². The monoisotopic (exact) mass is 274 g/mol. The van der Waals surface area contributed by atoms with E-state index in [9.17, 15) is 0 Å². The van der Waals surface area contributed by atoms with Crippen molar-refractivity contribution in [1.82, 2.24) is 0 Å². The van der Waals surface area contributed by atoms with Crippen molar-refractivity contribution in [2.45, 2.75) is 56.4 Å². The maximum absolute atomic E-state index is 2.17. The fraction of sp³-hybridized carbons (Fsp3) is 0.400. The Morgan fingerprint density at radius 1 is 0.450 bits per heavy atom. The molecule has 0 heteroatoms. The molecule has 0 amide bonds. The van der Waals surface area contributed by atoms with Gasteiger partial charge in [-0.3, -0.25) is 0 Å². The third-order valence-corrected chi connectivity index (χ3v) is 2.44. The Hall–Kier alpha value is -1.56. The van der Waals surface area contributed by atoms with Crippen molar-refractivity contribution < 1.29 is 0 Å². The van der Waals surface area contributed by atoms with Crippen molar-refractivity contribution in [2.24, 2.45) is 0 Å². The molecule has 0 aliphatic rings. The molecule has 0 N–H and O–H groups in total. The van der Waals surface area contributed by atoms with Crippen LogP contribution in [0.1, 0.15) is 53.7 Å². The molecule has 0 atom stereocenters. The highest BCUT2D eigenvalue weighted by Gasteiger charge is 1.95. The summed E-state index contributed by atoms with van der Waals surface area (Å²) in [6, 6.07) is 17.3. The van der Waals surface area contributed by atoms with Crippen molar-refractivity contribution in [3.8, 4) is 11.1 Å². The van der Waals surface area contributed by atoms with Crippen LogP contribution >= 0.6 is 0 Å². The Bertz CT molecular complexity index is 363. The fourth-order valence-corrected chi connectivity index (χ4v) is 1.49. The standard InChI is InChI=1S/C14H14.2C2H6.2CH4/c1-11-3-7-13(8-4-11)14-9-5-12(2)6-10-14;2*1-2;;/h3-10H,1-2H3;2*1-2H3;2*1H4. The Labute approximate surface area is 127 Å². The van der Waals surface area contributed by atoms with Crippen LogP contribution in [0.2, 0.25) is 0 Å². The molecule has 0 saturated carbocycles. The lowest BCUT2D eigenvalue weighted by Crippen LogP contribution is -1.78. The molecule has 0 unspecified atom stereocenters. The van der Waals surface area contributed by atoms with E-state index in [2.05, 4.69) is 62.4 Å². The molecule has 0 radical (unpaired) electrons. The minimum Gasteiger partial charge on any atom is -0.0776 e. The molecule has 2 aromatic rings. The zero-order chi connectivity index (χ0) is 14.0. The van der Waals surface area contributed by atoms with Crippen LogP contribution < -0.4 is 0 Å². The van der Waals surface area contributed by atoms with Crippen LogP contribution in [0.15, 0.2) is 48.5 Å². The minimum atomic E-state index is 0. The summed E-state index contributed by atoms with van der Waals surface area (Å²) in [5.41, 5.74) is 5.19. The third-order valence-electron chi connectivity index (χ3n) is 2.44. The molecule has 2 rings (SSSR count). The van der Waals surface area contributed by atoms with Crippen LogP contribution in [0.5, 0.6) is 0 Å². The summed E-state index contributed by atoms with van der Waals surface area (Å²) in [7, 11) is 0. The van der Waals surface area contributed by atoms with Gasteiger partial charge in [0.05, 0.1) is 0 Å². The van der Waals surface area contributed by atoms with E-state index in [1.165, 1.54) is 22.3 Å². The van der Waals surface area contributed by atoms with Crippen molar-refractivity contribution in [3.63, 3.8) is 0 Å². The smallest absolute Gasteiger partial charge is 0.0184 e. The first-order valence-corrected chi connectivity index (χ1v) is 6.89. The Morgan fingerprint density at radius 3 is 0.850 bits per heavy atom. The van der Waals surface area contributed by atoms with Crippen molar-refractivity contribution in [2.75, 3.05) is 0 Å². The summed E-state index contributed by atoms with van der Waals surface area (Å²) < 4.78 is 0. The molecule has 0 aliphatic heterocycles. The average Bonchev–Trinajstić information content (AvgIpc) is 2.45. The molecule has 0 saturated heterocycles. The molecule has 20 heavy (non-hydrogen) atoms. The summed E-state index contributed by atoms with van der Waals surface area (Å²) in [6.07, 6.45) is 0. The predicted octanol–water partition coefficient (Wildman–Crippen LogP) is 7.30. The van der Waals surface area contributed by atoms with E-state index in [0.717, 1.165) is 0 Å². The van der Waals surface area contributed by atoms with E-state index >= 15 is 0 Å². The van der Waals surface area contributed by atoms with Gasteiger partial charge >= 0.3 is 0 Å². The van der Waals surface area contributed by atoms with Crippen molar-refractivity contribution in [3.05, 3.63) is 59.7 Å². The lowest BCUT2D eigenvalue weighted by atomic mass is 10.0. The van der Waals surface area contributed by atoms with Gasteiger partial charge in [0.1, 0.15) is 0 Å². The van der Waals surface area contributed by atoms with Crippen LogP contribution in [0, 0.1) is 13.8 Å². The summed E-state index contributed by atoms with van der Waals surface area (Å²) in [6.45, 7) is 12.2. The van der Waals surface area contributed by atoms with Gasteiger partial charge in [-0.25, -0.2) is 0 Å². The Balaban J connectivity index is -0.000000444. The lowest BCUT2D eigenvalue weighted by molar-refractivity contribution is 1.45. The minimum absolute atomic E-state index is 0. The van der Waals surface area contributed by atoms with Gasteiger partial charge in [0.15, 0.2) is 0 Å². The summed E-state index contributed by atoms with van der Waals surface area (Å²) in [5, 5.41) is 0. The van der Waals surface area contributed by atoms with Crippen LogP contribution in [-0.4, -0.2) is 0 Å². The van der Waals surface area contributed by atoms with E-state index in [4.69, 9.17) is 0 Å². The first kappa shape index (κ1) is 23.5. The van der Waals surface area contributed by atoms with Gasteiger partial charge in [0, 0.05) is 0 Å². The zero-order valence-electron chi connectivity index (χ0n) is 12.6. The normalized spacial score (nSPS) is 7.70. The Kier molecular flexibility index (Phi) is 16.3. The maximum Gasteiger partial charge on any atom is -0.0184 e. The SMILES string of the molecule is C.C.CC.CC.Cc1ccc(-c2ccc(C)cc2)cc1. The summed E-state index contributed by atoms with van der Waals surface area (Å²) >= 11 is 0. The number of rotatable bonds is 1. The third kappa shape index (κ3) is 7.78. The molecule has 0 heterocycles. The topological polar surface area (TPSA) is 0 Å². The van der Waals surface area contributed by atoms with Gasteiger partial charge < -0.3 is 0 Å². The van der Waals surface area contributed by atoms with Crippen LogP contribution in [0.4, 0.5) is 0 Å². The molecule has 2 aromatic carbocycles. The number of hydrogen-bond donors (Lipinski definition) is 0. The second-order valence-corrected chi connectivity index (χ2v) is 3.73. The number of hydrogen-bond acceptors (Lipinski definition) is 0. The summed E-state index contributed by atoms with van der Waals surface area (Å²) in [4.78, 5) is 0. The van der Waals surface area contributed by atoms with E-state index < -0.39 is 0 Å². The molecule has 0 aliphatic carbocycles. The van der Waals surface area contributed by atoms with Crippen LogP contribution in [0.25, 0.3) is 11.1 Å². The number of benzene rings is 2. The van der Waals surface area contributed by atoms with Gasteiger partial charge in [-0.15, -0.1) is 0 Å². The van der Waals surface area contributed by atoms with Crippen molar-refractivity contribution in [1.29, 1.82) is 0 Å². The number of aryl methyl sites for hydroxylation is 2. The molecular formula is C20H34. The van der Waals surface area contributed by atoms with Gasteiger partial charge in [0.25, 0.3) is 0 Å². The highest BCUT2D eigenvalue weighted by Crippen LogP contribution is 2.19. The molecule has 0 fully saturated rings. The zero-order valence-corrected chi connectivity index (χ0v) is 12.6. The van der Waals surface area contributed by atoms with Gasteiger partial charge in [0.2, 0.25) is 0 Å². The van der Waals surface area contributed by atoms with E-state index in [1.807, 2.05) is 27.7 Å². The second-order valence-electron chi connectivity index (χ2n) is 3.73. The second kappa shape index (κ2) is 13.9. The van der Waals surface area contributed by atoms with Gasteiger partial charge in [-0.05, 0) is 25.0 Å². The predicted molar refractivity (Wildman–Crippen MR) is 97.5 cm³/mol. The van der Waals surface area contributed by atoms with Gasteiger partial charge in [-0.2, -0.15) is 0 Å². The first-order chi connectivity index (χ1) is 8.75.